The van der Waals surface area contributed by atoms with Crippen molar-refractivity contribution in [1.29, 1.82) is 0 Å². The molecule has 0 bridgehead atoms. The number of para-hydroxylation sites is 1. The zero-order valence-corrected chi connectivity index (χ0v) is 14.9. The summed E-state index contributed by atoms with van der Waals surface area (Å²) in [5.74, 6) is 2.09. The topological polar surface area (TPSA) is 32.7 Å². The van der Waals surface area contributed by atoms with Crippen LogP contribution in [0.3, 0.4) is 0 Å². The number of aliphatic hydroxyl groups excluding tert-OH is 1. The van der Waals surface area contributed by atoms with Crippen molar-refractivity contribution in [3.05, 3.63) is 29.8 Å². The third kappa shape index (κ3) is 6.80. The molecule has 0 saturated carbocycles. The highest BCUT2D eigenvalue weighted by molar-refractivity contribution is 5.35. The molecule has 126 valence electrons. The molecule has 0 fully saturated rings. The summed E-state index contributed by atoms with van der Waals surface area (Å²) in [5.41, 5.74) is 0.901. The van der Waals surface area contributed by atoms with Gasteiger partial charge in [-0.3, -0.25) is 0 Å². The largest absolute Gasteiger partial charge is 0.493 e. The maximum absolute atomic E-state index is 10.5. The van der Waals surface area contributed by atoms with Crippen molar-refractivity contribution < 1.29 is 9.84 Å². The Morgan fingerprint density at radius 3 is 2.18 bits per heavy atom. The molecule has 0 aliphatic rings. The van der Waals surface area contributed by atoms with Crippen LogP contribution in [-0.4, -0.2) is 36.2 Å². The van der Waals surface area contributed by atoms with Crippen LogP contribution in [0.4, 0.5) is 0 Å². The molecule has 0 radical (unpaired) electrons. The van der Waals surface area contributed by atoms with Crippen LogP contribution in [0.1, 0.15) is 52.7 Å². The number of aliphatic hydroxyl groups is 1. The molecule has 1 atom stereocenters. The molecule has 0 heterocycles. The van der Waals surface area contributed by atoms with Crippen LogP contribution in [0.2, 0.25) is 0 Å². The van der Waals surface area contributed by atoms with E-state index in [2.05, 4.69) is 32.6 Å². The van der Waals surface area contributed by atoms with Crippen LogP contribution < -0.4 is 4.74 Å². The van der Waals surface area contributed by atoms with Crippen molar-refractivity contribution in [1.82, 2.24) is 4.90 Å². The van der Waals surface area contributed by atoms with E-state index in [1.807, 2.05) is 31.2 Å². The molecule has 1 N–H and O–H groups in total. The molecule has 1 aromatic carbocycles. The summed E-state index contributed by atoms with van der Waals surface area (Å²) < 4.78 is 5.62. The Labute approximate surface area is 136 Å². The Kier molecular flexibility index (Phi) is 8.51. The van der Waals surface area contributed by atoms with Crippen molar-refractivity contribution >= 4 is 0 Å². The Balaban J connectivity index is 2.64. The van der Waals surface area contributed by atoms with Gasteiger partial charge in [0.2, 0.25) is 0 Å². The van der Waals surface area contributed by atoms with Crippen molar-refractivity contribution in [2.75, 3.05) is 26.2 Å². The zero-order valence-electron chi connectivity index (χ0n) is 14.9. The van der Waals surface area contributed by atoms with Gasteiger partial charge >= 0.3 is 0 Å². The summed E-state index contributed by atoms with van der Waals surface area (Å²) in [7, 11) is 0. The molecule has 3 nitrogen and oxygen atoms in total. The second-order valence-electron chi connectivity index (χ2n) is 6.82. The standard InChI is InChI=1S/C19H33NO2/c1-6-22-19-10-8-7-9-17(19)18(21)11-12-20(13-15(2)3)14-16(4)5/h7-10,15-16,18,21H,6,11-14H2,1-5H3. The van der Waals surface area contributed by atoms with Gasteiger partial charge in [-0.05, 0) is 31.2 Å². The summed E-state index contributed by atoms with van der Waals surface area (Å²) in [4.78, 5) is 2.46. The Bertz CT molecular complexity index is 408. The van der Waals surface area contributed by atoms with Gasteiger partial charge < -0.3 is 14.7 Å². The molecular weight excluding hydrogens is 274 g/mol. The van der Waals surface area contributed by atoms with Crippen LogP contribution in [0.25, 0.3) is 0 Å². The van der Waals surface area contributed by atoms with Crippen LogP contribution in [0.5, 0.6) is 5.75 Å². The normalized spacial score (nSPS) is 13.1. The first-order valence-electron chi connectivity index (χ1n) is 8.56. The van der Waals surface area contributed by atoms with Crippen LogP contribution >= 0.6 is 0 Å². The number of rotatable bonds is 10. The average Bonchev–Trinajstić information content (AvgIpc) is 2.44. The molecule has 22 heavy (non-hydrogen) atoms. The smallest absolute Gasteiger partial charge is 0.125 e. The first-order valence-corrected chi connectivity index (χ1v) is 8.56. The lowest BCUT2D eigenvalue weighted by molar-refractivity contribution is 0.128. The molecule has 0 spiro atoms. The maximum Gasteiger partial charge on any atom is 0.125 e. The Morgan fingerprint density at radius 1 is 1.05 bits per heavy atom. The molecule has 0 aliphatic carbocycles. The second-order valence-corrected chi connectivity index (χ2v) is 6.82. The van der Waals surface area contributed by atoms with Gasteiger partial charge in [-0.15, -0.1) is 0 Å². The zero-order chi connectivity index (χ0) is 16.5. The van der Waals surface area contributed by atoms with Gasteiger partial charge in [-0.1, -0.05) is 45.9 Å². The van der Waals surface area contributed by atoms with E-state index in [0.717, 1.165) is 37.4 Å². The van der Waals surface area contributed by atoms with E-state index in [9.17, 15) is 5.11 Å². The second kappa shape index (κ2) is 9.86. The molecule has 0 aliphatic heterocycles. The monoisotopic (exact) mass is 307 g/mol. The lowest BCUT2D eigenvalue weighted by Crippen LogP contribution is -2.33. The van der Waals surface area contributed by atoms with Crippen molar-refractivity contribution in [3.63, 3.8) is 0 Å². The molecule has 0 aromatic heterocycles. The van der Waals surface area contributed by atoms with Crippen LogP contribution in [0, 0.1) is 11.8 Å². The van der Waals surface area contributed by atoms with E-state index in [1.54, 1.807) is 0 Å². The van der Waals surface area contributed by atoms with Gasteiger partial charge in [0.1, 0.15) is 5.75 Å². The first-order chi connectivity index (χ1) is 10.4. The minimum absolute atomic E-state index is 0.468. The Hall–Kier alpha value is -1.06. The lowest BCUT2D eigenvalue weighted by Gasteiger charge is -2.27. The highest BCUT2D eigenvalue weighted by atomic mass is 16.5. The van der Waals surface area contributed by atoms with Gasteiger partial charge in [-0.2, -0.15) is 0 Å². The van der Waals surface area contributed by atoms with Gasteiger partial charge in [0.15, 0.2) is 0 Å². The summed E-state index contributed by atoms with van der Waals surface area (Å²) in [6.45, 7) is 14.6. The first kappa shape index (κ1) is 19.0. The van der Waals surface area contributed by atoms with E-state index >= 15 is 0 Å². The molecular formula is C19H33NO2. The van der Waals surface area contributed by atoms with Gasteiger partial charge in [0.25, 0.3) is 0 Å². The van der Waals surface area contributed by atoms with Gasteiger partial charge in [0.05, 0.1) is 12.7 Å². The fourth-order valence-electron chi connectivity index (χ4n) is 2.79. The van der Waals surface area contributed by atoms with E-state index in [-0.39, 0.29) is 0 Å². The molecule has 3 heteroatoms. The minimum Gasteiger partial charge on any atom is -0.493 e. The maximum atomic E-state index is 10.5. The summed E-state index contributed by atoms with van der Waals surface area (Å²) in [6.07, 6.45) is 0.272. The molecule has 0 saturated heterocycles. The predicted molar refractivity (Wildman–Crippen MR) is 93.3 cm³/mol. The summed E-state index contributed by atoms with van der Waals surface area (Å²) in [6, 6.07) is 7.80. The van der Waals surface area contributed by atoms with Crippen LogP contribution in [-0.2, 0) is 0 Å². The van der Waals surface area contributed by atoms with Crippen molar-refractivity contribution in [2.24, 2.45) is 11.8 Å². The lowest BCUT2D eigenvalue weighted by atomic mass is 10.0. The van der Waals surface area contributed by atoms with Crippen LogP contribution in [0.15, 0.2) is 24.3 Å². The number of ether oxygens (including phenoxy) is 1. The molecule has 1 aromatic rings. The Morgan fingerprint density at radius 2 is 1.64 bits per heavy atom. The predicted octanol–water partition coefficient (Wildman–Crippen LogP) is 4.12. The van der Waals surface area contributed by atoms with E-state index in [0.29, 0.717) is 18.4 Å². The molecule has 1 rings (SSSR count). The van der Waals surface area contributed by atoms with E-state index in [1.165, 1.54) is 0 Å². The average molecular weight is 307 g/mol. The highest BCUT2D eigenvalue weighted by Crippen LogP contribution is 2.27. The third-order valence-electron chi connectivity index (χ3n) is 3.54. The molecule has 1 unspecified atom stereocenters. The summed E-state index contributed by atoms with van der Waals surface area (Å²) >= 11 is 0. The van der Waals surface area contributed by atoms with Crippen molar-refractivity contribution in [3.8, 4) is 5.75 Å². The quantitative estimate of drug-likeness (QED) is 0.705. The van der Waals surface area contributed by atoms with Gasteiger partial charge in [-0.25, -0.2) is 0 Å². The highest BCUT2D eigenvalue weighted by Gasteiger charge is 2.16. The molecule has 0 amide bonds. The van der Waals surface area contributed by atoms with E-state index in [4.69, 9.17) is 4.74 Å². The number of nitrogens with zero attached hydrogens (tertiary/aromatic N) is 1. The van der Waals surface area contributed by atoms with Crippen molar-refractivity contribution in [2.45, 2.75) is 47.1 Å². The fraction of sp³-hybridized carbons (Fsp3) is 0.684. The van der Waals surface area contributed by atoms with E-state index < -0.39 is 6.10 Å². The third-order valence-corrected chi connectivity index (χ3v) is 3.54. The summed E-state index contributed by atoms with van der Waals surface area (Å²) in [5, 5.41) is 10.5. The minimum atomic E-state index is -0.468. The van der Waals surface area contributed by atoms with Gasteiger partial charge in [0, 0.05) is 25.2 Å². The number of hydrogen-bond donors (Lipinski definition) is 1. The SMILES string of the molecule is CCOc1ccccc1C(O)CCN(CC(C)C)CC(C)C. The fourth-order valence-corrected chi connectivity index (χ4v) is 2.79. The number of hydrogen-bond acceptors (Lipinski definition) is 3. The number of benzene rings is 1.